The van der Waals surface area contributed by atoms with Gasteiger partial charge in [0.2, 0.25) is 0 Å². The molecule has 0 aliphatic heterocycles. The third kappa shape index (κ3) is 12.1. The lowest BCUT2D eigenvalue weighted by Crippen LogP contribution is -2.26. The van der Waals surface area contributed by atoms with Crippen molar-refractivity contribution in [3.05, 3.63) is 57.6 Å². The predicted octanol–water partition coefficient (Wildman–Crippen LogP) is 10.3. The summed E-state index contributed by atoms with van der Waals surface area (Å²) in [5, 5.41) is 22.1. The van der Waals surface area contributed by atoms with Gasteiger partial charge in [-0.05, 0) is 81.2 Å². The van der Waals surface area contributed by atoms with Gasteiger partial charge in [-0.2, -0.15) is 0 Å². The first-order valence-electron chi connectivity index (χ1n) is 18.0. The Morgan fingerprint density at radius 1 is 0.625 bits per heavy atom. The summed E-state index contributed by atoms with van der Waals surface area (Å²) < 4.78 is 11.8. The predicted molar refractivity (Wildman–Crippen MR) is 197 cm³/mol. The molecular formula is C42H66O6. The van der Waals surface area contributed by atoms with Crippen LogP contribution in [0, 0.1) is 0 Å². The number of rotatable bonds is 13. The summed E-state index contributed by atoms with van der Waals surface area (Å²) in [7, 11) is 0. The van der Waals surface area contributed by atoms with Gasteiger partial charge in [-0.15, -0.1) is 0 Å². The molecule has 270 valence electrons. The summed E-state index contributed by atoms with van der Waals surface area (Å²) in [5.74, 6) is 0.100. The van der Waals surface area contributed by atoms with E-state index in [9.17, 15) is 19.8 Å². The molecule has 2 atom stereocenters. The second-order valence-electron chi connectivity index (χ2n) is 17.9. The Balaban J connectivity index is 2.07. The number of phenols is 2. The molecule has 0 spiro atoms. The quantitative estimate of drug-likeness (QED) is 0.207. The zero-order valence-electron chi connectivity index (χ0n) is 32.6. The molecule has 0 aliphatic carbocycles. The van der Waals surface area contributed by atoms with Crippen molar-refractivity contribution in [2.45, 2.75) is 182 Å². The molecule has 0 bridgehead atoms. The van der Waals surface area contributed by atoms with Crippen LogP contribution in [0.4, 0.5) is 0 Å². The lowest BCUT2D eigenvalue weighted by Gasteiger charge is -2.28. The summed E-state index contributed by atoms with van der Waals surface area (Å²) in [4.78, 5) is 26.1. The van der Waals surface area contributed by atoms with Crippen molar-refractivity contribution in [3.8, 4) is 11.5 Å². The highest BCUT2D eigenvalue weighted by Gasteiger charge is 2.28. The molecule has 0 radical (unpaired) electrons. The van der Waals surface area contributed by atoms with E-state index in [1.54, 1.807) is 0 Å². The smallest absolute Gasteiger partial charge is 0.306 e. The SMILES string of the molecule is CCCCC(CC(C)OC(=O)CCc1cc(C(C)(C)C)c(O)c(C(C)(C)C)c1)OC(=O)CCc1cc(C(C)(C)C)c(O)c(C(C)(C)C)c1. The first-order chi connectivity index (χ1) is 21.8. The van der Waals surface area contributed by atoms with Crippen molar-refractivity contribution in [2.24, 2.45) is 0 Å². The molecule has 0 aromatic heterocycles. The van der Waals surface area contributed by atoms with E-state index in [1.807, 2.05) is 31.2 Å². The van der Waals surface area contributed by atoms with Crippen molar-refractivity contribution in [2.75, 3.05) is 0 Å². The molecule has 0 heterocycles. The fraction of sp³-hybridized carbons (Fsp3) is 0.667. The molecule has 2 unspecified atom stereocenters. The number of aromatic hydroxyl groups is 2. The molecule has 0 fully saturated rings. The van der Waals surface area contributed by atoms with E-state index in [0.29, 0.717) is 37.2 Å². The van der Waals surface area contributed by atoms with Crippen LogP contribution < -0.4 is 0 Å². The van der Waals surface area contributed by atoms with E-state index < -0.39 is 6.10 Å². The van der Waals surface area contributed by atoms with Gasteiger partial charge in [0.05, 0.1) is 0 Å². The van der Waals surface area contributed by atoms with Gasteiger partial charge in [0.1, 0.15) is 23.7 Å². The number of aryl methyl sites for hydroxylation is 2. The number of carbonyl (C=O) groups excluding carboxylic acids is 2. The Kier molecular flexibility index (Phi) is 13.8. The number of carbonyl (C=O) groups is 2. The van der Waals surface area contributed by atoms with Crippen LogP contribution >= 0.6 is 0 Å². The fourth-order valence-corrected chi connectivity index (χ4v) is 6.06. The number of phenolic OH excluding ortho intramolecular Hbond substituents is 2. The highest BCUT2D eigenvalue weighted by molar-refractivity contribution is 5.71. The van der Waals surface area contributed by atoms with Gasteiger partial charge in [0, 0.05) is 19.3 Å². The lowest BCUT2D eigenvalue weighted by atomic mass is 9.78. The highest BCUT2D eigenvalue weighted by Crippen LogP contribution is 2.41. The van der Waals surface area contributed by atoms with Crippen molar-refractivity contribution < 1.29 is 29.3 Å². The minimum atomic E-state index is -0.400. The lowest BCUT2D eigenvalue weighted by molar-refractivity contribution is -0.155. The third-order valence-electron chi connectivity index (χ3n) is 8.91. The molecule has 0 saturated carbocycles. The van der Waals surface area contributed by atoms with Gasteiger partial charge in [-0.1, -0.05) is 127 Å². The van der Waals surface area contributed by atoms with Crippen molar-refractivity contribution in [1.82, 2.24) is 0 Å². The second-order valence-corrected chi connectivity index (χ2v) is 17.9. The molecule has 2 N–H and O–H groups in total. The van der Waals surface area contributed by atoms with Crippen LogP contribution in [0.1, 0.15) is 169 Å². The Bertz CT molecular complexity index is 1320. The molecule has 0 saturated heterocycles. The second kappa shape index (κ2) is 16.1. The maximum absolute atomic E-state index is 13.1. The number of hydrogen-bond acceptors (Lipinski definition) is 6. The molecule has 6 nitrogen and oxygen atoms in total. The van der Waals surface area contributed by atoms with Gasteiger partial charge >= 0.3 is 11.9 Å². The largest absolute Gasteiger partial charge is 0.507 e. The Labute approximate surface area is 292 Å². The van der Waals surface area contributed by atoms with Gasteiger partial charge < -0.3 is 19.7 Å². The standard InChI is InChI=1S/C42H66O6/c1-15-16-17-30(48-36(44)21-19-29-25-33(41(9,10)11)38(46)34(26-29)42(12,13)14)22-27(2)47-35(43)20-18-28-23-31(39(3,4)5)37(45)32(24-28)40(6,7)8/h23-27,30,45-46H,15-22H2,1-14H3. The van der Waals surface area contributed by atoms with E-state index in [-0.39, 0.29) is 52.5 Å². The van der Waals surface area contributed by atoms with Crippen LogP contribution in [-0.2, 0) is 53.6 Å². The molecule has 2 aromatic carbocycles. The Morgan fingerprint density at radius 3 is 1.27 bits per heavy atom. The minimum absolute atomic E-state index is 0.224. The number of benzene rings is 2. The first kappa shape index (κ1) is 41.2. The molecule has 48 heavy (non-hydrogen) atoms. The van der Waals surface area contributed by atoms with Crippen molar-refractivity contribution in [3.63, 3.8) is 0 Å². The molecular weight excluding hydrogens is 600 g/mol. The van der Waals surface area contributed by atoms with Crippen molar-refractivity contribution >= 4 is 11.9 Å². The van der Waals surface area contributed by atoms with Crippen LogP contribution in [0.15, 0.2) is 24.3 Å². The molecule has 2 rings (SSSR count). The first-order valence-corrected chi connectivity index (χ1v) is 18.0. The maximum Gasteiger partial charge on any atom is 0.306 e. The average Bonchev–Trinajstić information content (AvgIpc) is 2.92. The molecule has 0 aliphatic rings. The monoisotopic (exact) mass is 666 g/mol. The molecule has 0 amide bonds. The molecule has 6 heteroatoms. The van der Waals surface area contributed by atoms with Gasteiger partial charge in [-0.25, -0.2) is 0 Å². The normalized spacial score (nSPS) is 14.0. The van der Waals surface area contributed by atoms with Crippen LogP contribution in [0.5, 0.6) is 11.5 Å². The number of ether oxygens (including phenoxy) is 2. The Hall–Kier alpha value is -3.02. The number of esters is 2. The van der Waals surface area contributed by atoms with Gasteiger partial charge in [0.25, 0.3) is 0 Å². The zero-order valence-corrected chi connectivity index (χ0v) is 32.6. The zero-order chi connectivity index (χ0) is 36.8. The van der Waals surface area contributed by atoms with Crippen molar-refractivity contribution in [1.29, 1.82) is 0 Å². The number of unbranched alkanes of at least 4 members (excludes halogenated alkanes) is 1. The molecule has 2 aromatic rings. The highest BCUT2D eigenvalue weighted by atomic mass is 16.6. The van der Waals surface area contributed by atoms with E-state index in [2.05, 4.69) is 90.0 Å². The maximum atomic E-state index is 13.1. The summed E-state index contributed by atoms with van der Waals surface area (Å²) >= 11 is 0. The van der Waals surface area contributed by atoms with E-state index in [4.69, 9.17) is 9.47 Å². The Morgan fingerprint density at radius 2 is 0.958 bits per heavy atom. The van der Waals surface area contributed by atoms with E-state index in [1.165, 1.54) is 0 Å². The van der Waals surface area contributed by atoms with Gasteiger partial charge in [-0.3, -0.25) is 9.59 Å². The fourth-order valence-electron chi connectivity index (χ4n) is 6.06. The average molecular weight is 667 g/mol. The summed E-state index contributed by atoms with van der Waals surface area (Å²) in [6.07, 6.45) is 3.78. The summed E-state index contributed by atoms with van der Waals surface area (Å²) in [6, 6.07) is 8.04. The van der Waals surface area contributed by atoms with Gasteiger partial charge in [0.15, 0.2) is 0 Å². The van der Waals surface area contributed by atoms with Crippen LogP contribution in [-0.4, -0.2) is 34.4 Å². The topological polar surface area (TPSA) is 93.1 Å². The minimum Gasteiger partial charge on any atom is -0.507 e. The number of hydrogen-bond donors (Lipinski definition) is 2. The van der Waals surface area contributed by atoms with Crippen LogP contribution in [0.2, 0.25) is 0 Å². The summed E-state index contributed by atoms with van der Waals surface area (Å²) in [5.41, 5.74) is 4.55. The van der Waals surface area contributed by atoms with Crippen LogP contribution in [0.25, 0.3) is 0 Å². The summed E-state index contributed by atoms with van der Waals surface area (Å²) in [6.45, 7) is 28.9. The van der Waals surface area contributed by atoms with Crippen LogP contribution in [0.3, 0.4) is 0 Å². The van der Waals surface area contributed by atoms with E-state index >= 15 is 0 Å². The third-order valence-corrected chi connectivity index (χ3v) is 8.91. The van der Waals surface area contributed by atoms with E-state index in [0.717, 1.165) is 46.2 Å².